The number of amides is 2. The summed E-state index contributed by atoms with van der Waals surface area (Å²) < 4.78 is 10.7. The minimum absolute atomic E-state index is 0.0177. The summed E-state index contributed by atoms with van der Waals surface area (Å²) in [5.41, 5.74) is 3.25. The lowest BCUT2D eigenvalue weighted by molar-refractivity contribution is -0.116. The van der Waals surface area contributed by atoms with Gasteiger partial charge in [0.05, 0.1) is 19.2 Å². The fraction of sp³-hybridized carbons (Fsp3) is 0.308. The van der Waals surface area contributed by atoms with Crippen LogP contribution >= 0.6 is 11.3 Å². The van der Waals surface area contributed by atoms with Gasteiger partial charge in [-0.15, -0.1) is 11.3 Å². The standard InChI is InChI=1S/C26H26N4O4S/c1-17(19-4-3-5-20(13-19)33-2)12-24(31)29-25-22(14-27)21-8-11-30(15-23(21)35-25)26(32)34-16-18-6-9-28-10-7-18/h3-7,9-10,13,17H,8,11-12,15-16H2,1-2H3,(H,29,31)/t17-/m0/s1. The number of pyridine rings is 1. The van der Waals surface area contributed by atoms with Gasteiger partial charge in [0, 0.05) is 30.2 Å². The van der Waals surface area contributed by atoms with Crippen LogP contribution in [0.4, 0.5) is 9.80 Å². The molecule has 3 aromatic rings. The average molecular weight is 491 g/mol. The molecule has 0 radical (unpaired) electrons. The number of benzene rings is 1. The van der Waals surface area contributed by atoms with Gasteiger partial charge in [-0.3, -0.25) is 9.78 Å². The van der Waals surface area contributed by atoms with Crippen LogP contribution in [0.25, 0.3) is 0 Å². The Morgan fingerprint density at radius 3 is 2.83 bits per heavy atom. The summed E-state index contributed by atoms with van der Waals surface area (Å²) in [4.78, 5) is 31.8. The Morgan fingerprint density at radius 1 is 1.29 bits per heavy atom. The Balaban J connectivity index is 1.39. The minimum Gasteiger partial charge on any atom is -0.497 e. The third-order valence-corrected chi connectivity index (χ3v) is 7.08. The molecule has 1 aromatic carbocycles. The van der Waals surface area contributed by atoms with E-state index in [2.05, 4.69) is 16.4 Å². The molecule has 0 fully saturated rings. The molecule has 8 nitrogen and oxygen atoms in total. The van der Waals surface area contributed by atoms with Crippen molar-refractivity contribution >= 4 is 28.3 Å². The van der Waals surface area contributed by atoms with Crippen LogP contribution in [-0.2, 0) is 29.1 Å². The van der Waals surface area contributed by atoms with E-state index in [-0.39, 0.29) is 24.9 Å². The highest BCUT2D eigenvalue weighted by atomic mass is 32.1. The first-order valence-corrected chi connectivity index (χ1v) is 12.1. The van der Waals surface area contributed by atoms with Crippen LogP contribution in [0.5, 0.6) is 5.75 Å². The molecule has 0 spiro atoms. The first-order valence-electron chi connectivity index (χ1n) is 11.3. The van der Waals surface area contributed by atoms with Gasteiger partial charge >= 0.3 is 6.09 Å². The normalized spacial score (nSPS) is 13.3. The van der Waals surface area contributed by atoms with E-state index in [4.69, 9.17) is 9.47 Å². The number of nitriles is 1. The predicted octanol–water partition coefficient (Wildman–Crippen LogP) is 4.85. The molecule has 35 heavy (non-hydrogen) atoms. The van der Waals surface area contributed by atoms with Crippen molar-refractivity contribution in [3.8, 4) is 11.8 Å². The first kappa shape index (κ1) is 24.2. The van der Waals surface area contributed by atoms with Crippen LogP contribution in [0.1, 0.15) is 46.4 Å². The van der Waals surface area contributed by atoms with E-state index in [1.54, 1.807) is 36.5 Å². The molecule has 1 atom stereocenters. The molecule has 4 rings (SSSR count). The number of ether oxygens (including phenoxy) is 2. The number of methoxy groups -OCH3 is 1. The number of carbonyl (C=O) groups is 2. The van der Waals surface area contributed by atoms with Gasteiger partial charge in [-0.1, -0.05) is 19.1 Å². The van der Waals surface area contributed by atoms with E-state index in [0.29, 0.717) is 30.1 Å². The van der Waals surface area contributed by atoms with Crippen molar-refractivity contribution in [2.24, 2.45) is 0 Å². The van der Waals surface area contributed by atoms with Gasteiger partial charge in [-0.25, -0.2) is 4.79 Å². The first-order chi connectivity index (χ1) is 17.0. The molecular weight excluding hydrogens is 464 g/mol. The SMILES string of the molecule is COc1cccc([C@@H](C)CC(=O)Nc2sc3c(c2C#N)CCN(C(=O)OCc2ccncc2)C3)c1. The number of rotatable bonds is 7. The molecule has 2 aromatic heterocycles. The van der Waals surface area contributed by atoms with Gasteiger partial charge in [-0.05, 0) is 53.3 Å². The zero-order valence-corrected chi connectivity index (χ0v) is 20.4. The van der Waals surface area contributed by atoms with E-state index in [0.717, 1.165) is 27.3 Å². The lowest BCUT2D eigenvalue weighted by atomic mass is 9.97. The van der Waals surface area contributed by atoms with Crippen molar-refractivity contribution in [3.05, 3.63) is 75.9 Å². The summed E-state index contributed by atoms with van der Waals surface area (Å²) in [6.07, 6.45) is 3.71. The van der Waals surface area contributed by atoms with Gasteiger partial charge < -0.3 is 19.7 Å². The largest absolute Gasteiger partial charge is 0.497 e. The summed E-state index contributed by atoms with van der Waals surface area (Å²) in [5, 5.41) is 13.2. The molecule has 9 heteroatoms. The van der Waals surface area contributed by atoms with Crippen LogP contribution < -0.4 is 10.1 Å². The Bertz CT molecular complexity index is 1250. The zero-order chi connectivity index (χ0) is 24.8. The molecule has 0 saturated heterocycles. The summed E-state index contributed by atoms with van der Waals surface area (Å²) in [7, 11) is 1.61. The Labute approximate surface area is 208 Å². The number of fused-ring (bicyclic) bond motifs is 1. The maximum absolute atomic E-state index is 12.8. The highest BCUT2D eigenvalue weighted by Crippen LogP contribution is 2.37. The second kappa shape index (κ2) is 11.0. The van der Waals surface area contributed by atoms with E-state index >= 15 is 0 Å². The number of thiophene rings is 1. The van der Waals surface area contributed by atoms with Crippen molar-refractivity contribution in [2.45, 2.75) is 38.8 Å². The number of hydrogen-bond donors (Lipinski definition) is 1. The third-order valence-electron chi connectivity index (χ3n) is 5.95. The van der Waals surface area contributed by atoms with Gasteiger partial charge in [-0.2, -0.15) is 5.26 Å². The number of aromatic nitrogens is 1. The summed E-state index contributed by atoms with van der Waals surface area (Å²) in [6.45, 7) is 2.95. The van der Waals surface area contributed by atoms with Crippen molar-refractivity contribution < 1.29 is 19.1 Å². The fourth-order valence-corrected chi connectivity index (χ4v) is 5.23. The highest BCUT2D eigenvalue weighted by molar-refractivity contribution is 7.16. The quantitative estimate of drug-likeness (QED) is 0.508. The molecule has 0 bridgehead atoms. The van der Waals surface area contributed by atoms with Crippen molar-refractivity contribution in [2.75, 3.05) is 19.0 Å². The Morgan fingerprint density at radius 2 is 2.09 bits per heavy atom. The zero-order valence-electron chi connectivity index (χ0n) is 19.6. The van der Waals surface area contributed by atoms with Crippen LogP contribution in [0.3, 0.4) is 0 Å². The topological polar surface area (TPSA) is 105 Å². The molecule has 1 aliphatic heterocycles. The molecule has 2 amide bonds. The predicted molar refractivity (Wildman–Crippen MR) is 132 cm³/mol. The fourth-order valence-electron chi connectivity index (χ4n) is 4.00. The minimum atomic E-state index is -0.405. The number of carbonyl (C=O) groups excluding carboxylic acids is 2. The lowest BCUT2D eigenvalue weighted by Crippen LogP contribution is -2.35. The smallest absolute Gasteiger partial charge is 0.410 e. The van der Waals surface area contributed by atoms with Gasteiger partial charge in [0.15, 0.2) is 0 Å². The third kappa shape index (κ3) is 5.78. The molecule has 180 valence electrons. The number of nitrogens with one attached hydrogen (secondary N) is 1. The molecule has 0 aliphatic carbocycles. The molecule has 1 N–H and O–H groups in total. The summed E-state index contributed by atoms with van der Waals surface area (Å²) in [5.74, 6) is 0.566. The Hall–Kier alpha value is -3.90. The van der Waals surface area contributed by atoms with Crippen molar-refractivity contribution in [1.29, 1.82) is 5.26 Å². The number of nitrogens with zero attached hydrogens (tertiary/aromatic N) is 3. The van der Waals surface area contributed by atoms with Gasteiger partial charge in [0.2, 0.25) is 5.91 Å². The van der Waals surface area contributed by atoms with Crippen LogP contribution in [0.15, 0.2) is 48.8 Å². The van der Waals surface area contributed by atoms with Crippen molar-refractivity contribution in [3.63, 3.8) is 0 Å². The molecule has 0 saturated carbocycles. The van der Waals surface area contributed by atoms with Crippen molar-refractivity contribution in [1.82, 2.24) is 9.88 Å². The summed E-state index contributed by atoms with van der Waals surface area (Å²) in [6, 6.07) is 13.5. The van der Waals surface area contributed by atoms with E-state index in [9.17, 15) is 14.9 Å². The second-order valence-electron chi connectivity index (χ2n) is 8.33. The molecular formula is C26H26N4O4S. The highest BCUT2D eigenvalue weighted by Gasteiger charge is 2.28. The molecule has 0 unspecified atom stereocenters. The number of anilines is 1. The van der Waals surface area contributed by atoms with Crippen LogP contribution in [0.2, 0.25) is 0 Å². The monoisotopic (exact) mass is 490 g/mol. The second-order valence-corrected chi connectivity index (χ2v) is 9.44. The summed E-state index contributed by atoms with van der Waals surface area (Å²) >= 11 is 1.35. The maximum Gasteiger partial charge on any atom is 0.410 e. The van der Waals surface area contributed by atoms with E-state index in [1.165, 1.54) is 11.3 Å². The number of hydrogen-bond acceptors (Lipinski definition) is 7. The van der Waals surface area contributed by atoms with E-state index < -0.39 is 6.09 Å². The van der Waals surface area contributed by atoms with Gasteiger partial charge in [0.1, 0.15) is 23.4 Å². The lowest BCUT2D eigenvalue weighted by Gasteiger charge is -2.26. The average Bonchev–Trinajstić information content (AvgIpc) is 3.23. The maximum atomic E-state index is 12.8. The molecule has 1 aliphatic rings. The Kier molecular flexibility index (Phi) is 7.63. The van der Waals surface area contributed by atoms with Gasteiger partial charge in [0.25, 0.3) is 0 Å². The van der Waals surface area contributed by atoms with E-state index in [1.807, 2.05) is 31.2 Å². The van der Waals surface area contributed by atoms with Crippen LogP contribution in [-0.4, -0.2) is 35.5 Å². The van der Waals surface area contributed by atoms with Crippen LogP contribution in [0, 0.1) is 11.3 Å². The molecule has 3 heterocycles.